The first-order valence-corrected chi connectivity index (χ1v) is 8.58. The van der Waals surface area contributed by atoms with Gasteiger partial charge in [-0.2, -0.15) is 0 Å². The highest BCUT2D eigenvalue weighted by molar-refractivity contribution is 9.10. The van der Waals surface area contributed by atoms with Gasteiger partial charge in [-0.3, -0.25) is 4.57 Å². The molecule has 1 unspecified atom stereocenters. The maximum absolute atomic E-state index is 6.35. The molecule has 108 valence electrons. The van der Waals surface area contributed by atoms with Gasteiger partial charge < -0.3 is 0 Å². The van der Waals surface area contributed by atoms with Crippen LogP contribution in [0.4, 0.5) is 0 Å². The molecule has 1 aromatic heterocycles. The van der Waals surface area contributed by atoms with E-state index < -0.39 is 0 Å². The van der Waals surface area contributed by atoms with Gasteiger partial charge in [-0.25, -0.2) is 4.98 Å². The van der Waals surface area contributed by atoms with Gasteiger partial charge in [-0.1, -0.05) is 37.9 Å². The molecule has 1 heterocycles. The Kier molecular flexibility index (Phi) is 4.12. The van der Waals surface area contributed by atoms with E-state index in [1.165, 1.54) is 5.56 Å². The number of fused-ring (bicyclic) bond motifs is 1. The van der Waals surface area contributed by atoms with E-state index in [-0.39, 0.29) is 5.38 Å². The van der Waals surface area contributed by atoms with Crippen molar-refractivity contribution in [3.63, 3.8) is 0 Å². The quantitative estimate of drug-likeness (QED) is 0.447. The minimum atomic E-state index is -0.172. The van der Waals surface area contributed by atoms with Crippen LogP contribution in [0, 0.1) is 6.92 Å². The van der Waals surface area contributed by atoms with Crippen LogP contribution in [0.1, 0.15) is 23.7 Å². The van der Waals surface area contributed by atoms with E-state index in [4.69, 9.17) is 16.6 Å². The zero-order valence-electron chi connectivity index (χ0n) is 11.6. The zero-order valence-corrected chi connectivity index (χ0v) is 15.5. The first-order chi connectivity index (χ1) is 9.97. The molecular formula is C16H13Br2ClN2. The molecule has 0 aliphatic rings. The number of hydrogen-bond acceptors (Lipinski definition) is 1. The number of aromatic nitrogens is 2. The Labute approximate surface area is 145 Å². The maximum atomic E-state index is 6.35. The summed E-state index contributed by atoms with van der Waals surface area (Å²) in [6, 6.07) is 12.3. The molecule has 0 amide bonds. The Hall–Kier alpha value is -0.840. The number of hydrogen-bond donors (Lipinski definition) is 0. The predicted octanol–water partition coefficient (Wildman–Crippen LogP) is 6.16. The Morgan fingerprint density at radius 1 is 1.10 bits per heavy atom. The second-order valence-electron chi connectivity index (χ2n) is 4.99. The third kappa shape index (κ3) is 2.77. The summed E-state index contributed by atoms with van der Waals surface area (Å²) in [6.45, 7) is 4.04. The molecule has 0 aliphatic heterocycles. The van der Waals surface area contributed by atoms with Gasteiger partial charge in [0.2, 0.25) is 0 Å². The summed E-state index contributed by atoms with van der Waals surface area (Å²) in [5.74, 6) is 0.853. The predicted molar refractivity (Wildman–Crippen MR) is 95.5 cm³/mol. The minimum Gasteiger partial charge on any atom is -0.295 e. The third-order valence-electron chi connectivity index (χ3n) is 3.41. The molecule has 21 heavy (non-hydrogen) atoms. The van der Waals surface area contributed by atoms with Crippen molar-refractivity contribution in [2.45, 2.75) is 19.2 Å². The highest BCUT2D eigenvalue weighted by atomic mass is 79.9. The lowest BCUT2D eigenvalue weighted by atomic mass is 10.2. The molecule has 2 nitrogen and oxygen atoms in total. The standard InChI is InChI=1S/C16H13Br2ClN2/c1-9-3-4-12(18)8-15(9)21-14-6-5-11(17)7-13(14)20-16(21)10(2)19/h3-8,10H,1-2H3. The summed E-state index contributed by atoms with van der Waals surface area (Å²) in [5, 5.41) is -0.172. The number of rotatable bonds is 2. The Bertz CT molecular complexity index is 825. The Morgan fingerprint density at radius 2 is 1.76 bits per heavy atom. The number of benzene rings is 2. The molecule has 3 rings (SSSR count). The summed E-state index contributed by atoms with van der Waals surface area (Å²) in [5.41, 5.74) is 4.27. The fourth-order valence-corrected chi connectivity index (χ4v) is 3.26. The molecule has 0 aliphatic carbocycles. The van der Waals surface area contributed by atoms with Crippen LogP contribution >= 0.6 is 43.5 Å². The van der Waals surface area contributed by atoms with Crippen molar-refractivity contribution in [2.24, 2.45) is 0 Å². The number of alkyl halides is 1. The van der Waals surface area contributed by atoms with Crippen molar-refractivity contribution in [1.82, 2.24) is 9.55 Å². The SMILES string of the molecule is Cc1ccc(Br)cc1-n1c(C(C)Cl)nc2cc(Br)ccc21. The molecule has 0 radical (unpaired) electrons. The van der Waals surface area contributed by atoms with Crippen molar-refractivity contribution < 1.29 is 0 Å². The molecule has 2 aromatic carbocycles. The molecule has 0 N–H and O–H groups in total. The van der Waals surface area contributed by atoms with Gasteiger partial charge in [0.15, 0.2) is 0 Å². The summed E-state index contributed by atoms with van der Waals surface area (Å²) < 4.78 is 4.19. The van der Waals surface area contributed by atoms with Crippen LogP contribution < -0.4 is 0 Å². The molecule has 0 saturated carbocycles. The van der Waals surface area contributed by atoms with Crippen LogP contribution in [-0.4, -0.2) is 9.55 Å². The Balaban J connectivity index is 2.39. The Morgan fingerprint density at radius 3 is 2.48 bits per heavy atom. The molecule has 0 saturated heterocycles. The van der Waals surface area contributed by atoms with E-state index in [1.807, 2.05) is 25.1 Å². The molecule has 0 bridgehead atoms. The summed E-state index contributed by atoms with van der Waals surface area (Å²) in [6.07, 6.45) is 0. The van der Waals surface area contributed by atoms with Crippen molar-refractivity contribution in [3.8, 4) is 5.69 Å². The average molecular weight is 429 g/mol. The van der Waals surface area contributed by atoms with Gasteiger partial charge in [0.05, 0.1) is 22.1 Å². The zero-order chi connectivity index (χ0) is 15.1. The van der Waals surface area contributed by atoms with Crippen molar-refractivity contribution in [3.05, 3.63) is 56.7 Å². The monoisotopic (exact) mass is 426 g/mol. The van der Waals surface area contributed by atoms with Gasteiger partial charge in [0.1, 0.15) is 5.82 Å². The summed E-state index contributed by atoms with van der Waals surface area (Å²) >= 11 is 13.4. The van der Waals surface area contributed by atoms with Crippen LogP contribution in [0.5, 0.6) is 0 Å². The van der Waals surface area contributed by atoms with Crippen LogP contribution in [0.2, 0.25) is 0 Å². The largest absolute Gasteiger partial charge is 0.295 e. The lowest BCUT2D eigenvalue weighted by Gasteiger charge is -2.13. The van der Waals surface area contributed by atoms with E-state index in [9.17, 15) is 0 Å². The molecule has 5 heteroatoms. The average Bonchev–Trinajstić information content (AvgIpc) is 2.80. The number of aryl methyl sites for hydroxylation is 1. The lowest BCUT2D eigenvalue weighted by Crippen LogP contribution is -2.03. The van der Waals surface area contributed by atoms with E-state index in [0.29, 0.717) is 0 Å². The van der Waals surface area contributed by atoms with Gasteiger partial charge in [-0.15, -0.1) is 11.6 Å². The third-order valence-corrected chi connectivity index (χ3v) is 4.59. The molecule has 1 atom stereocenters. The fraction of sp³-hybridized carbons (Fsp3) is 0.188. The molecular weight excluding hydrogens is 415 g/mol. The lowest BCUT2D eigenvalue weighted by molar-refractivity contribution is 0.878. The normalized spacial score (nSPS) is 12.8. The minimum absolute atomic E-state index is 0.172. The molecule has 3 aromatic rings. The van der Waals surface area contributed by atoms with Crippen LogP contribution in [0.3, 0.4) is 0 Å². The number of halogens is 3. The smallest absolute Gasteiger partial charge is 0.132 e. The second kappa shape index (κ2) is 5.75. The van der Waals surface area contributed by atoms with Crippen molar-refractivity contribution >= 4 is 54.5 Å². The van der Waals surface area contributed by atoms with Gasteiger partial charge in [0.25, 0.3) is 0 Å². The molecule has 0 fully saturated rings. The van der Waals surface area contributed by atoms with Gasteiger partial charge in [-0.05, 0) is 49.7 Å². The molecule has 0 spiro atoms. The highest BCUT2D eigenvalue weighted by Gasteiger charge is 2.17. The number of nitrogens with zero attached hydrogens (tertiary/aromatic N) is 2. The first-order valence-electron chi connectivity index (χ1n) is 6.56. The van der Waals surface area contributed by atoms with E-state index in [1.54, 1.807) is 0 Å². The van der Waals surface area contributed by atoms with E-state index in [2.05, 4.69) is 61.5 Å². The van der Waals surface area contributed by atoms with E-state index >= 15 is 0 Å². The van der Waals surface area contributed by atoms with Crippen LogP contribution in [-0.2, 0) is 0 Å². The van der Waals surface area contributed by atoms with Crippen LogP contribution in [0.25, 0.3) is 16.7 Å². The van der Waals surface area contributed by atoms with E-state index in [0.717, 1.165) is 31.5 Å². The fourth-order valence-electron chi connectivity index (χ4n) is 2.42. The topological polar surface area (TPSA) is 17.8 Å². The van der Waals surface area contributed by atoms with Crippen molar-refractivity contribution in [1.29, 1.82) is 0 Å². The highest BCUT2D eigenvalue weighted by Crippen LogP contribution is 2.31. The first kappa shape index (κ1) is 15.1. The van der Waals surface area contributed by atoms with Crippen LogP contribution in [0.15, 0.2) is 45.3 Å². The van der Waals surface area contributed by atoms with Gasteiger partial charge in [0, 0.05) is 8.95 Å². The van der Waals surface area contributed by atoms with Crippen molar-refractivity contribution in [2.75, 3.05) is 0 Å². The summed E-state index contributed by atoms with van der Waals surface area (Å²) in [7, 11) is 0. The maximum Gasteiger partial charge on any atom is 0.132 e. The van der Waals surface area contributed by atoms with Gasteiger partial charge >= 0.3 is 0 Å². The summed E-state index contributed by atoms with van der Waals surface area (Å²) in [4.78, 5) is 4.71. The second-order valence-corrected chi connectivity index (χ2v) is 7.47. The number of imidazole rings is 1.